The Bertz CT molecular complexity index is 310. The fourth-order valence-electron chi connectivity index (χ4n) is 2.13. The molecule has 102 valence electrons. The molecule has 0 amide bonds. The van der Waals surface area contributed by atoms with Gasteiger partial charge in [-0.25, -0.2) is 0 Å². The van der Waals surface area contributed by atoms with Gasteiger partial charge in [-0.1, -0.05) is 58.0 Å². The maximum Gasteiger partial charge on any atom is 0.0108 e. The molecule has 1 N–H and O–H groups in total. The first kappa shape index (κ1) is 15.2. The summed E-state index contributed by atoms with van der Waals surface area (Å²) >= 11 is 0. The van der Waals surface area contributed by atoms with Gasteiger partial charge in [0.25, 0.3) is 0 Å². The molecule has 1 rings (SSSR count). The number of nitrogens with one attached hydrogen (secondary N) is 1. The molecule has 0 aliphatic carbocycles. The molecular formula is C17H29N. The van der Waals surface area contributed by atoms with E-state index in [0.717, 1.165) is 13.0 Å². The topological polar surface area (TPSA) is 12.0 Å². The number of benzene rings is 1. The van der Waals surface area contributed by atoms with E-state index in [4.69, 9.17) is 0 Å². The molecule has 0 fully saturated rings. The molecule has 0 aliphatic rings. The van der Waals surface area contributed by atoms with Crippen molar-refractivity contribution in [2.24, 2.45) is 5.41 Å². The quantitative estimate of drug-likeness (QED) is 0.752. The molecule has 0 radical (unpaired) electrons. The van der Waals surface area contributed by atoms with Crippen LogP contribution >= 0.6 is 0 Å². The summed E-state index contributed by atoms with van der Waals surface area (Å²) in [4.78, 5) is 0. The van der Waals surface area contributed by atoms with Crippen molar-refractivity contribution in [3.05, 3.63) is 35.9 Å². The van der Waals surface area contributed by atoms with Crippen molar-refractivity contribution < 1.29 is 0 Å². The summed E-state index contributed by atoms with van der Waals surface area (Å²) in [6.45, 7) is 10.3. The molecule has 18 heavy (non-hydrogen) atoms. The summed E-state index contributed by atoms with van der Waals surface area (Å²) in [6, 6.07) is 11.4. The van der Waals surface area contributed by atoms with E-state index < -0.39 is 0 Å². The first-order valence-electron chi connectivity index (χ1n) is 7.28. The Balaban J connectivity index is 2.50. The van der Waals surface area contributed by atoms with Gasteiger partial charge in [0.2, 0.25) is 0 Å². The smallest absolute Gasteiger partial charge is 0.0108 e. The zero-order valence-corrected chi connectivity index (χ0v) is 12.5. The van der Waals surface area contributed by atoms with Crippen molar-refractivity contribution in [1.29, 1.82) is 0 Å². The fourth-order valence-corrected chi connectivity index (χ4v) is 2.13. The molecule has 1 aromatic rings. The lowest BCUT2D eigenvalue weighted by Gasteiger charge is -2.24. The van der Waals surface area contributed by atoms with Crippen LogP contribution in [0.3, 0.4) is 0 Å². The van der Waals surface area contributed by atoms with Gasteiger partial charge in [-0.15, -0.1) is 0 Å². The average Bonchev–Trinajstić information content (AvgIpc) is 2.33. The summed E-state index contributed by atoms with van der Waals surface area (Å²) < 4.78 is 0. The van der Waals surface area contributed by atoms with Crippen molar-refractivity contribution >= 4 is 0 Å². The molecule has 1 atom stereocenters. The van der Waals surface area contributed by atoms with Gasteiger partial charge in [0.1, 0.15) is 0 Å². The largest absolute Gasteiger partial charge is 0.314 e. The van der Waals surface area contributed by atoms with Crippen molar-refractivity contribution in [2.75, 3.05) is 6.54 Å². The van der Waals surface area contributed by atoms with E-state index in [1.807, 2.05) is 0 Å². The lowest BCUT2D eigenvalue weighted by atomic mass is 9.87. The van der Waals surface area contributed by atoms with Crippen LogP contribution in [-0.4, -0.2) is 12.6 Å². The maximum atomic E-state index is 3.69. The Hall–Kier alpha value is -0.820. The van der Waals surface area contributed by atoms with E-state index in [9.17, 15) is 0 Å². The molecule has 0 aromatic heterocycles. The lowest BCUT2D eigenvalue weighted by molar-refractivity contribution is 0.328. The Morgan fingerprint density at radius 2 is 1.78 bits per heavy atom. The number of hydrogen-bond acceptors (Lipinski definition) is 1. The van der Waals surface area contributed by atoms with Gasteiger partial charge in [-0.05, 0) is 43.2 Å². The molecule has 0 heterocycles. The Morgan fingerprint density at radius 1 is 1.11 bits per heavy atom. The van der Waals surface area contributed by atoms with Crippen LogP contribution in [0.1, 0.15) is 52.5 Å². The Morgan fingerprint density at radius 3 is 2.33 bits per heavy atom. The minimum Gasteiger partial charge on any atom is -0.314 e. The molecule has 0 aliphatic heterocycles. The van der Waals surface area contributed by atoms with E-state index >= 15 is 0 Å². The van der Waals surface area contributed by atoms with E-state index in [2.05, 4.69) is 63.3 Å². The number of rotatable bonds is 7. The maximum absolute atomic E-state index is 3.69. The minimum absolute atomic E-state index is 0.433. The van der Waals surface area contributed by atoms with Crippen molar-refractivity contribution in [3.63, 3.8) is 0 Å². The number of hydrogen-bond donors (Lipinski definition) is 1. The van der Waals surface area contributed by atoms with Gasteiger partial charge in [0.05, 0.1) is 0 Å². The molecule has 1 unspecified atom stereocenters. The van der Waals surface area contributed by atoms with Gasteiger partial charge in [-0.3, -0.25) is 0 Å². The fraction of sp³-hybridized carbons (Fsp3) is 0.647. The standard InChI is InChI=1S/C17H29N/c1-5-13-18-16(11-12-17(2,3)4)14-15-9-7-6-8-10-15/h6-10,16,18H,5,11-14H2,1-4H3. The molecule has 0 bridgehead atoms. The summed E-state index contributed by atoms with van der Waals surface area (Å²) in [6.07, 6.45) is 4.90. The first-order valence-corrected chi connectivity index (χ1v) is 7.28. The highest BCUT2D eigenvalue weighted by Gasteiger charge is 2.15. The van der Waals surface area contributed by atoms with E-state index in [1.165, 1.54) is 24.8 Å². The monoisotopic (exact) mass is 247 g/mol. The van der Waals surface area contributed by atoms with E-state index in [1.54, 1.807) is 0 Å². The molecule has 1 nitrogen and oxygen atoms in total. The zero-order valence-electron chi connectivity index (χ0n) is 12.5. The molecular weight excluding hydrogens is 218 g/mol. The van der Waals surface area contributed by atoms with Gasteiger partial charge in [-0.2, -0.15) is 0 Å². The third-order valence-electron chi connectivity index (χ3n) is 3.25. The molecule has 1 heteroatoms. The Labute approximate surface area is 113 Å². The summed E-state index contributed by atoms with van der Waals surface area (Å²) in [5, 5.41) is 3.69. The average molecular weight is 247 g/mol. The third-order valence-corrected chi connectivity index (χ3v) is 3.25. The van der Waals surface area contributed by atoms with Crippen LogP contribution < -0.4 is 5.32 Å². The van der Waals surface area contributed by atoms with Crippen LogP contribution in [0.4, 0.5) is 0 Å². The van der Waals surface area contributed by atoms with Crippen LogP contribution in [0.5, 0.6) is 0 Å². The summed E-state index contributed by atoms with van der Waals surface area (Å²) in [7, 11) is 0. The SMILES string of the molecule is CCCNC(CCC(C)(C)C)Cc1ccccc1. The van der Waals surface area contributed by atoms with Crippen LogP contribution in [0, 0.1) is 5.41 Å². The van der Waals surface area contributed by atoms with Gasteiger partial charge >= 0.3 is 0 Å². The van der Waals surface area contributed by atoms with Gasteiger partial charge in [0, 0.05) is 6.04 Å². The summed E-state index contributed by atoms with van der Waals surface area (Å²) in [5.74, 6) is 0. The predicted octanol–water partition coefficient (Wildman–Crippen LogP) is 4.42. The van der Waals surface area contributed by atoms with Crippen LogP contribution in [0.25, 0.3) is 0 Å². The molecule has 0 saturated heterocycles. The second-order valence-corrected chi connectivity index (χ2v) is 6.44. The molecule has 0 saturated carbocycles. The second kappa shape index (κ2) is 7.58. The molecule has 1 aromatic carbocycles. The predicted molar refractivity (Wildman–Crippen MR) is 80.9 cm³/mol. The van der Waals surface area contributed by atoms with Crippen molar-refractivity contribution in [1.82, 2.24) is 5.32 Å². The highest BCUT2D eigenvalue weighted by Crippen LogP contribution is 2.22. The highest BCUT2D eigenvalue weighted by molar-refractivity contribution is 5.15. The van der Waals surface area contributed by atoms with Crippen molar-refractivity contribution in [2.45, 2.75) is 59.4 Å². The second-order valence-electron chi connectivity index (χ2n) is 6.44. The van der Waals surface area contributed by atoms with Crippen molar-refractivity contribution in [3.8, 4) is 0 Å². The zero-order chi connectivity index (χ0) is 13.4. The van der Waals surface area contributed by atoms with Crippen LogP contribution in [0.2, 0.25) is 0 Å². The lowest BCUT2D eigenvalue weighted by Crippen LogP contribution is -2.32. The minimum atomic E-state index is 0.433. The van der Waals surface area contributed by atoms with E-state index in [-0.39, 0.29) is 0 Å². The Kier molecular flexibility index (Phi) is 6.42. The van der Waals surface area contributed by atoms with Crippen LogP contribution in [-0.2, 0) is 6.42 Å². The summed E-state index contributed by atoms with van der Waals surface area (Å²) in [5.41, 5.74) is 1.88. The van der Waals surface area contributed by atoms with Crippen LogP contribution in [0.15, 0.2) is 30.3 Å². The van der Waals surface area contributed by atoms with Gasteiger partial charge < -0.3 is 5.32 Å². The normalized spacial score (nSPS) is 13.6. The first-order chi connectivity index (χ1) is 8.51. The third kappa shape index (κ3) is 6.80. The van der Waals surface area contributed by atoms with E-state index in [0.29, 0.717) is 11.5 Å². The highest BCUT2D eigenvalue weighted by atomic mass is 14.9. The molecule has 0 spiro atoms. The van der Waals surface area contributed by atoms with Gasteiger partial charge in [0.15, 0.2) is 0 Å².